The predicted octanol–water partition coefficient (Wildman–Crippen LogP) is 7.12. The zero-order valence-corrected chi connectivity index (χ0v) is 21.6. The highest BCUT2D eigenvalue weighted by Crippen LogP contribution is 2.38. The second kappa shape index (κ2) is 12.8. The second-order valence-corrected chi connectivity index (χ2v) is 9.63. The van der Waals surface area contributed by atoms with Crippen molar-refractivity contribution in [2.45, 2.75) is 79.6 Å². The van der Waals surface area contributed by atoms with Crippen LogP contribution in [0.2, 0.25) is 0 Å². The molecule has 3 nitrogen and oxygen atoms in total. The fraction of sp³-hybridized carbons (Fsp3) is 0.517. The number of halogens is 1. The first-order valence-electron chi connectivity index (χ1n) is 12.2. The van der Waals surface area contributed by atoms with E-state index in [2.05, 4.69) is 75.7 Å². The van der Waals surface area contributed by atoms with Crippen LogP contribution < -0.4 is 0 Å². The van der Waals surface area contributed by atoms with Crippen molar-refractivity contribution in [2.75, 3.05) is 13.6 Å². The van der Waals surface area contributed by atoms with Crippen molar-refractivity contribution < 1.29 is 4.39 Å². The molecule has 0 aromatic carbocycles. The predicted molar refractivity (Wildman–Crippen MR) is 141 cm³/mol. The van der Waals surface area contributed by atoms with Crippen LogP contribution in [0.3, 0.4) is 0 Å². The summed E-state index contributed by atoms with van der Waals surface area (Å²) in [6.07, 6.45) is 17.6. The minimum Gasteiger partial charge on any atom is -0.297 e. The first-order chi connectivity index (χ1) is 15.7. The Bertz CT molecular complexity index is 921. The summed E-state index contributed by atoms with van der Waals surface area (Å²) in [7, 11) is 1.78. The van der Waals surface area contributed by atoms with E-state index in [1.165, 1.54) is 16.7 Å². The Kier molecular flexibility index (Phi) is 10.4. The van der Waals surface area contributed by atoms with Crippen LogP contribution in [0, 0.1) is 19.3 Å². The van der Waals surface area contributed by atoms with Crippen molar-refractivity contribution in [3.05, 3.63) is 76.7 Å². The monoisotopic (exact) mass is 451 g/mol. The molecule has 1 aliphatic rings. The van der Waals surface area contributed by atoms with Crippen molar-refractivity contribution in [1.29, 1.82) is 0 Å². The standard InChI is InChI=1S/C29H42FN3/c1-8-24(4)33(21-28-23(3)19-22(2)20-32-28)18-16-26(12-10-17-31-7)29(5,6)25-11-9-13-27(30)15-14-25/h10-12,14-17,19-20,24,27H,8-9,13,18,21H2,1-7H3/b12-10-,26-16-,31-17?. The lowest BCUT2D eigenvalue weighted by molar-refractivity contribution is 0.213. The number of hydrogen-bond acceptors (Lipinski definition) is 3. The number of pyridine rings is 1. The van der Waals surface area contributed by atoms with E-state index < -0.39 is 6.17 Å². The van der Waals surface area contributed by atoms with Gasteiger partial charge in [0, 0.05) is 44.0 Å². The number of allylic oxidation sites excluding steroid dienone is 7. The molecule has 0 spiro atoms. The third kappa shape index (κ3) is 7.89. The maximum atomic E-state index is 13.9. The molecule has 1 heterocycles. The van der Waals surface area contributed by atoms with Crippen LogP contribution in [0.5, 0.6) is 0 Å². The average molecular weight is 452 g/mol. The van der Waals surface area contributed by atoms with Gasteiger partial charge in [0.1, 0.15) is 6.17 Å². The van der Waals surface area contributed by atoms with Crippen molar-refractivity contribution in [1.82, 2.24) is 9.88 Å². The van der Waals surface area contributed by atoms with Crippen LogP contribution in [-0.4, -0.2) is 41.9 Å². The zero-order chi connectivity index (χ0) is 24.4. The average Bonchev–Trinajstić information content (AvgIpc) is 3.00. The summed E-state index contributed by atoms with van der Waals surface area (Å²) in [6, 6.07) is 2.63. The van der Waals surface area contributed by atoms with Gasteiger partial charge in [-0.25, -0.2) is 4.39 Å². The summed E-state index contributed by atoms with van der Waals surface area (Å²) < 4.78 is 13.9. The molecule has 0 fully saturated rings. The molecule has 4 heteroatoms. The fourth-order valence-electron chi connectivity index (χ4n) is 4.14. The molecule has 180 valence electrons. The highest BCUT2D eigenvalue weighted by atomic mass is 19.1. The Morgan fingerprint density at radius 2 is 2.12 bits per heavy atom. The van der Waals surface area contributed by atoms with Crippen LogP contribution in [0.15, 0.2) is 64.9 Å². The molecule has 1 aliphatic carbocycles. The lowest BCUT2D eigenvalue weighted by atomic mass is 9.76. The number of aryl methyl sites for hydroxylation is 2. The summed E-state index contributed by atoms with van der Waals surface area (Å²) in [5.74, 6) is 0. The number of aliphatic imine (C=N–C) groups is 1. The van der Waals surface area contributed by atoms with Crippen LogP contribution in [0.25, 0.3) is 0 Å². The van der Waals surface area contributed by atoms with Gasteiger partial charge in [-0.2, -0.15) is 0 Å². The summed E-state index contributed by atoms with van der Waals surface area (Å²) in [5, 5.41) is 0. The smallest absolute Gasteiger partial charge is 0.119 e. The lowest BCUT2D eigenvalue weighted by Gasteiger charge is -2.31. The maximum absolute atomic E-state index is 13.9. The zero-order valence-electron chi connectivity index (χ0n) is 21.6. The molecule has 2 rings (SSSR count). The van der Waals surface area contributed by atoms with Gasteiger partial charge in [0.25, 0.3) is 0 Å². The van der Waals surface area contributed by atoms with E-state index in [0.717, 1.165) is 37.2 Å². The van der Waals surface area contributed by atoms with Gasteiger partial charge in [-0.05, 0) is 68.4 Å². The largest absolute Gasteiger partial charge is 0.297 e. The van der Waals surface area contributed by atoms with Crippen LogP contribution in [-0.2, 0) is 6.54 Å². The molecule has 2 unspecified atom stereocenters. The third-order valence-corrected chi connectivity index (χ3v) is 6.68. The summed E-state index contributed by atoms with van der Waals surface area (Å²) in [5.41, 5.74) is 5.69. The van der Waals surface area contributed by atoms with Gasteiger partial charge in [-0.3, -0.25) is 14.9 Å². The minimum atomic E-state index is -0.865. The number of alkyl halides is 1. The molecule has 33 heavy (non-hydrogen) atoms. The molecule has 0 saturated heterocycles. The van der Waals surface area contributed by atoms with E-state index >= 15 is 0 Å². The molecule has 0 amide bonds. The van der Waals surface area contributed by atoms with Crippen molar-refractivity contribution in [3.8, 4) is 0 Å². The van der Waals surface area contributed by atoms with E-state index in [4.69, 9.17) is 4.98 Å². The number of rotatable bonds is 10. The molecule has 0 aliphatic heterocycles. The van der Waals surface area contributed by atoms with Crippen LogP contribution in [0.4, 0.5) is 4.39 Å². The summed E-state index contributed by atoms with van der Waals surface area (Å²) >= 11 is 0. The van der Waals surface area contributed by atoms with Crippen molar-refractivity contribution in [3.63, 3.8) is 0 Å². The molecular formula is C29H42FN3. The molecule has 0 N–H and O–H groups in total. The first-order valence-corrected chi connectivity index (χ1v) is 12.2. The molecular weight excluding hydrogens is 409 g/mol. The van der Waals surface area contributed by atoms with Crippen LogP contribution >= 0.6 is 0 Å². The highest BCUT2D eigenvalue weighted by Gasteiger charge is 2.26. The Balaban J connectivity index is 2.37. The van der Waals surface area contributed by atoms with Gasteiger partial charge in [0.05, 0.1) is 5.69 Å². The fourth-order valence-corrected chi connectivity index (χ4v) is 4.14. The van der Waals surface area contributed by atoms with E-state index in [1.807, 2.05) is 24.6 Å². The Morgan fingerprint density at radius 1 is 1.36 bits per heavy atom. The van der Waals surface area contributed by atoms with Crippen LogP contribution in [0.1, 0.15) is 63.8 Å². The SMILES string of the molecule is CCC(C)N(C/C=C(/C=C\C=NC)C(C)(C)C1=CCCC(F)C=C1)Cc1ncc(C)cc1C. The summed E-state index contributed by atoms with van der Waals surface area (Å²) in [6.45, 7) is 14.8. The normalized spacial score (nSPS) is 18.9. The highest BCUT2D eigenvalue weighted by molar-refractivity contribution is 5.72. The number of nitrogens with zero attached hydrogens (tertiary/aromatic N) is 3. The molecule has 0 saturated carbocycles. The molecule has 0 bridgehead atoms. The molecule has 1 aromatic rings. The van der Waals surface area contributed by atoms with Crippen molar-refractivity contribution >= 4 is 6.21 Å². The van der Waals surface area contributed by atoms with Gasteiger partial charge in [-0.1, -0.05) is 57.2 Å². The maximum Gasteiger partial charge on any atom is 0.119 e. The topological polar surface area (TPSA) is 28.5 Å². The van der Waals surface area contributed by atoms with E-state index in [-0.39, 0.29) is 5.41 Å². The Morgan fingerprint density at radius 3 is 2.79 bits per heavy atom. The second-order valence-electron chi connectivity index (χ2n) is 9.63. The molecule has 2 atom stereocenters. The number of aromatic nitrogens is 1. The van der Waals surface area contributed by atoms with E-state index in [1.54, 1.807) is 13.1 Å². The Labute approximate surface area is 200 Å². The molecule has 0 radical (unpaired) electrons. The Hall–Kier alpha value is -2.33. The van der Waals surface area contributed by atoms with Gasteiger partial charge >= 0.3 is 0 Å². The van der Waals surface area contributed by atoms with Gasteiger partial charge in [-0.15, -0.1) is 0 Å². The summed E-state index contributed by atoms with van der Waals surface area (Å²) in [4.78, 5) is 11.3. The molecule has 1 aromatic heterocycles. The van der Waals surface area contributed by atoms with E-state index in [0.29, 0.717) is 12.5 Å². The third-order valence-electron chi connectivity index (χ3n) is 6.68. The first kappa shape index (κ1) is 26.9. The quantitative estimate of drug-likeness (QED) is 0.280. The number of hydrogen-bond donors (Lipinski definition) is 0. The van der Waals surface area contributed by atoms with Gasteiger partial charge < -0.3 is 0 Å². The van der Waals surface area contributed by atoms with E-state index in [9.17, 15) is 4.39 Å². The van der Waals surface area contributed by atoms with Crippen molar-refractivity contribution in [2.24, 2.45) is 10.4 Å². The van der Waals surface area contributed by atoms with Gasteiger partial charge in [0.2, 0.25) is 0 Å². The minimum absolute atomic E-state index is 0.238. The lowest BCUT2D eigenvalue weighted by Crippen LogP contribution is -2.33. The van der Waals surface area contributed by atoms with Gasteiger partial charge in [0.15, 0.2) is 0 Å².